The number of amides is 1. The molecule has 2 rings (SSSR count). The number of carbonyl (C=O) groups excluding carboxylic acids is 1. The summed E-state index contributed by atoms with van der Waals surface area (Å²) in [6, 6.07) is 10.2. The molecule has 0 radical (unpaired) electrons. The van der Waals surface area contributed by atoms with Gasteiger partial charge in [-0.3, -0.25) is 9.69 Å². The van der Waals surface area contributed by atoms with Gasteiger partial charge in [0.15, 0.2) is 0 Å². The van der Waals surface area contributed by atoms with E-state index in [1.807, 2.05) is 37.4 Å². The van der Waals surface area contributed by atoms with Gasteiger partial charge >= 0.3 is 0 Å². The topological polar surface area (TPSA) is 49.6 Å². The number of carbonyl (C=O) groups is 1. The van der Waals surface area contributed by atoms with E-state index in [1.165, 1.54) is 0 Å². The molecule has 0 spiro atoms. The molecule has 0 saturated heterocycles. The zero-order valence-corrected chi connectivity index (χ0v) is 12.0. The van der Waals surface area contributed by atoms with Crippen molar-refractivity contribution in [2.75, 3.05) is 26.7 Å². The summed E-state index contributed by atoms with van der Waals surface area (Å²) in [6.45, 7) is 2.56. The Morgan fingerprint density at radius 1 is 1.40 bits per heavy atom. The van der Waals surface area contributed by atoms with Gasteiger partial charge in [0, 0.05) is 32.7 Å². The first-order valence-corrected chi connectivity index (χ1v) is 7.09. The highest BCUT2D eigenvalue weighted by Crippen LogP contribution is 2.10. The Labute approximate surface area is 120 Å². The molecule has 1 aliphatic rings. The lowest BCUT2D eigenvalue weighted by Crippen LogP contribution is -2.47. The first-order valence-electron chi connectivity index (χ1n) is 7.09. The van der Waals surface area contributed by atoms with Crippen molar-refractivity contribution in [2.24, 2.45) is 5.73 Å². The molecule has 1 aromatic carbocycles. The van der Waals surface area contributed by atoms with E-state index in [0.717, 1.165) is 18.5 Å². The molecular weight excluding hydrogens is 250 g/mol. The summed E-state index contributed by atoms with van der Waals surface area (Å²) in [5.41, 5.74) is 6.90. The van der Waals surface area contributed by atoms with Crippen LogP contribution in [0.25, 0.3) is 0 Å². The lowest BCUT2D eigenvalue weighted by molar-refractivity contribution is -0.132. The molecule has 1 atom stereocenters. The van der Waals surface area contributed by atoms with Gasteiger partial charge < -0.3 is 10.6 Å². The highest BCUT2D eigenvalue weighted by Gasteiger charge is 2.21. The van der Waals surface area contributed by atoms with Crippen molar-refractivity contribution < 1.29 is 4.79 Å². The summed E-state index contributed by atoms with van der Waals surface area (Å²) in [7, 11) is 1.85. The van der Waals surface area contributed by atoms with Crippen molar-refractivity contribution in [1.29, 1.82) is 0 Å². The van der Waals surface area contributed by atoms with Crippen LogP contribution in [0.2, 0.25) is 0 Å². The maximum absolute atomic E-state index is 12.3. The third-order valence-corrected chi connectivity index (χ3v) is 3.68. The number of rotatable bonds is 5. The second-order valence-corrected chi connectivity index (χ2v) is 5.23. The van der Waals surface area contributed by atoms with E-state index >= 15 is 0 Å². The van der Waals surface area contributed by atoms with Gasteiger partial charge in [0.1, 0.15) is 0 Å². The fraction of sp³-hybridized carbons (Fsp3) is 0.438. The summed E-state index contributed by atoms with van der Waals surface area (Å²) in [5.74, 6) is 0.141. The quantitative estimate of drug-likeness (QED) is 0.821. The molecule has 1 amide bonds. The van der Waals surface area contributed by atoms with Gasteiger partial charge in [-0.25, -0.2) is 0 Å². The molecule has 1 unspecified atom stereocenters. The fourth-order valence-electron chi connectivity index (χ4n) is 2.45. The molecule has 0 aliphatic carbocycles. The highest BCUT2D eigenvalue weighted by atomic mass is 16.2. The summed E-state index contributed by atoms with van der Waals surface area (Å²) in [4.78, 5) is 16.2. The Hall–Kier alpha value is -1.65. The fourth-order valence-corrected chi connectivity index (χ4v) is 2.45. The van der Waals surface area contributed by atoms with Crippen LogP contribution in [0.5, 0.6) is 0 Å². The molecule has 0 aromatic heterocycles. The molecule has 1 aromatic rings. The molecule has 2 N–H and O–H groups in total. The SMILES string of the molecule is CN(Cc1ccccc1)C(=O)CN1CCC=CC1CN. The number of nitrogens with two attached hydrogens (primary N) is 1. The van der Waals surface area contributed by atoms with Crippen molar-refractivity contribution >= 4 is 5.91 Å². The molecular formula is C16H23N3O. The van der Waals surface area contributed by atoms with Crippen LogP contribution in [0.15, 0.2) is 42.5 Å². The predicted octanol–water partition coefficient (Wildman–Crippen LogP) is 1.23. The maximum Gasteiger partial charge on any atom is 0.236 e. The average Bonchev–Trinajstić information content (AvgIpc) is 2.48. The standard InChI is InChI=1S/C16H23N3O/c1-18(12-14-7-3-2-4-8-14)16(20)13-19-10-6-5-9-15(19)11-17/h2-5,7-9,15H,6,10-13,17H2,1H3. The maximum atomic E-state index is 12.3. The van der Waals surface area contributed by atoms with Gasteiger partial charge in [0.05, 0.1) is 6.54 Å². The van der Waals surface area contributed by atoms with Gasteiger partial charge in [-0.2, -0.15) is 0 Å². The number of hydrogen-bond donors (Lipinski definition) is 1. The molecule has 1 heterocycles. The van der Waals surface area contributed by atoms with E-state index in [2.05, 4.69) is 17.1 Å². The minimum absolute atomic E-state index is 0.141. The summed E-state index contributed by atoms with van der Waals surface area (Å²) in [5, 5.41) is 0. The molecule has 4 heteroatoms. The van der Waals surface area contributed by atoms with Gasteiger partial charge in [0.25, 0.3) is 0 Å². The monoisotopic (exact) mass is 273 g/mol. The zero-order valence-electron chi connectivity index (χ0n) is 12.0. The Bertz CT molecular complexity index is 458. The largest absolute Gasteiger partial charge is 0.340 e. The van der Waals surface area contributed by atoms with Gasteiger partial charge in [-0.05, 0) is 12.0 Å². The molecule has 20 heavy (non-hydrogen) atoms. The molecule has 0 bridgehead atoms. The molecule has 4 nitrogen and oxygen atoms in total. The van der Waals surface area contributed by atoms with Crippen LogP contribution in [-0.2, 0) is 11.3 Å². The number of benzene rings is 1. The van der Waals surface area contributed by atoms with Crippen molar-refractivity contribution in [2.45, 2.75) is 19.0 Å². The molecule has 1 aliphatic heterocycles. The van der Waals surface area contributed by atoms with E-state index in [-0.39, 0.29) is 11.9 Å². The summed E-state index contributed by atoms with van der Waals surface area (Å²) < 4.78 is 0. The van der Waals surface area contributed by atoms with Crippen LogP contribution in [0.1, 0.15) is 12.0 Å². The van der Waals surface area contributed by atoms with E-state index < -0.39 is 0 Å². The van der Waals surface area contributed by atoms with Crippen molar-refractivity contribution in [3.63, 3.8) is 0 Å². The normalized spacial score (nSPS) is 19.0. The second-order valence-electron chi connectivity index (χ2n) is 5.23. The Morgan fingerprint density at radius 2 is 2.15 bits per heavy atom. The van der Waals surface area contributed by atoms with Crippen LogP contribution >= 0.6 is 0 Å². The van der Waals surface area contributed by atoms with Gasteiger partial charge in [-0.1, -0.05) is 42.5 Å². The highest BCUT2D eigenvalue weighted by molar-refractivity contribution is 5.78. The van der Waals surface area contributed by atoms with Crippen LogP contribution in [0.3, 0.4) is 0 Å². The molecule has 0 saturated carbocycles. The summed E-state index contributed by atoms with van der Waals surface area (Å²) in [6.07, 6.45) is 5.24. The van der Waals surface area contributed by atoms with Crippen LogP contribution in [0, 0.1) is 0 Å². The number of likely N-dealkylation sites (N-methyl/N-ethyl adjacent to an activating group) is 1. The Morgan fingerprint density at radius 3 is 2.85 bits per heavy atom. The Balaban J connectivity index is 1.89. The lowest BCUT2D eigenvalue weighted by atomic mass is 10.1. The van der Waals surface area contributed by atoms with Crippen LogP contribution in [0.4, 0.5) is 0 Å². The minimum Gasteiger partial charge on any atom is -0.340 e. The second kappa shape index (κ2) is 7.22. The van der Waals surface area contributed by atoms with E-state index in [0.29, 0.717) is 19.6 Å². The summed E-state index contributed by atoms with van der Waals surface area (Å²) >= 11 is 0. The first-order chi connectivity index (χ1) is 9.70. The molecule has 0 fully saturated rings. The van der Waals surface area contributed by atoms with E-state index in [4.69, 9.17) is 5.73 Å². The van der Waals surface area contributed by atoms with Crippen LogP contribution in [-0.4, -0.2) is 48.4 Å². The predicted molar refractivity (Wildman–Crippen MR) is 81.1 cm³/mol. The third kappa shape index (κ3) is 3.92. The zero-order chi connectivity index (χ0) is 14.4. The minimum atomic E-state index is 0.141. The smallest absolute Gasteiger partial charge is 0.236 e. The molecule has 108 valence electrons. The Kier molecular flexibility index (Phi) is 5.32. The van der Waals surface area contributed by atoms with Crippen molar-refractivity contribution in [1.82, 2.24) is 9.80 Å². The van der Waals surface area contributed by atoms with E-state index in [1.54, 1.807) is 4.90 Å². The van der Waals surface area contributed by atoms with Crippen LogP contribution < -0.4 is 5.73 Å². The first kappa shape index (κ1) is 14.8. The van der Waals surface area contributed by atoms with Crippen molar-refractivity contribution in [3.05, 3.63) is 48.0 Å². The van der Waals surface area contributed by atoms with Gasteiger partial charge in [-0.15, -0.1) is 0 Å². The number of nitrogens with zero attached hydrogens (tertiary/aromatic N) is 2. The third-order valence-electron chi connectivity index (χ3n) is 3.68. The van der Waals surface area contributed by atoms with E-state index in [9.17, 15) is 4.79 Å². The van der Waals surface area contributed by atoms with Gasteiger partial charge in [0.2, 0.25) is 5.91 Å². The number of hydrogen-bond acceptors (Lipinski definition) is 3. The average molecular weight is 273 g/mol. The lowest BCUT2D eigenvalue weighted by Gasteiger charge is -2.32. The van der Waals surface area contributed by atoms with Crippen molar-refractivity contribution in [3.8, 4) is 0 Å².